The first-order valence-corrected chi connectivity index (χ1v) is 9.59. The van der Waals surface area contributed by atoms with E-state index in [1.807, 2.05) is 12.1 Å². The average molecular weight is 377 g/mol. The van der Waals surface area contributed by atoms with E-state index in [9.17, 15) is 9.18 Å². The van der Waals surface area contributed by atoms with Gasteiger partial charge in [-0.2, -0.15) is 5.10 Å². The molecule has 2 aromatic carbocycles. The van der Waals surface area contributed by atoms with Gasteiger partial charge in [-0.15, -0.1) is 0 Å². The van der Waals surface area contributed by atoms with Crippen LogP contribution in [0.2, 0.25) is 0 Å². The van der Waals surface area contributed by atoms with Crippen LogP contribution in [0.1, 0.15) is 61.1 Å². The fourth-order valence-electron chi connectivity index (χ4n) is 3.27. The zero-order valence-corrected chi connectivity index (χ0v) is 16.3. The molecular formula is C23H24FN3O. The molecule has 1 aliphatic rings. The van der Waals surface area contributed by atoms with Crippen molar-refractivity contribution in [2.75, 3.05) is 5.32 Å². The van der Waals surface area contributed by atoms with Crippen LogP contribution in [-0.4, -0.2) is 16.1 Å². The van der Waals surface area contributed by atoms with Crippen molar-refractivity contribution in [3.05, 3.63) is 71.2 Å². The molecule has 144 valence electrons. The van der Waals surface area contributed by atoms with Crippen molar-refractivity contribution in [1.82, 2.24) is 10.2 Å². The van der Waals surface area contributed by atoms with Crippen LogP contribution in [0.15, 0.2) is 48.5 Å². The molecule has 1 aromatic heterocycles. The molecule has 1 amide bonds. The summed E-state index contributed by atoms with van der Waals surface area (Å²) in [5.41, 5.74) is 5.10. The monoisotopic (exact) mass is 377 g/mol. The summed E-state index contributed by atoms with van der Waals surface area (Å²) in [6.45, 7) is 6.53. The van der Waals surface area contributed by atoms with Crippen molar-refractivity contribution in [3.63, 3.8) is 0 Å². The predicted octanol–water partition coefficient (Wildman–Crippen LogP) is 5.64. The second-order valence-corrected chi connectivity index (χ2v) is 8.42. The van der Waals surface area contributed by atoms with Crippen LogP contribution in [0.25, 0.3) is 11.3 Å². The molecule has 1 aliphatic carbocycles. The summed E-state index contributed by atoms with van der Waals surface area (Å²) in [6.07, 6.45) is 2.17. The minimum absolute atomic E-state index is 0.0723. The predicted molar refractivity (Wildman–Crippen MR) is 109 cm³/mol. The van der Waals surface area contributed by atoms with E-state index >= 15 is 0 Å². The number of anilines is 1. The Kier molecular flexibility index (Phi) is 4.53. The molecule has 2 N–H and O–H groups in total. The lowest BCUT2D eigenvalue weighted by Crippen LogP contribution is -2.13. The number of halogens is 1. The standard InChI is InChI=1S/C23H24FN3O/c1-23(2,3)17-10-6-15(7-11-17)20-21(19(26-27-20)14-4-5-14)25-22(28)16-8-12-18(24)13-9-16/h6-14H,4-5H2,1-3H3,(H,25,28)(H,26,27). The Morgan fingerprint density at radius 2 is 1.71 bits per heavy atom. The van der Waals surface area contributed by atoms with Crippen molar-refractivity contribution in [2.24, 2.45) is 0 Å². The molecule has 0 unspecified atom stereocenters. The third kappa shape index (κ3) is 3.70. The summed E-state index contributed by atoms with van der Waals surface area (Å²) in [7, 11) is 0. The van der Waals surface area contributed by atoms with Crippen LogP contribution >= 0.6 is 0 Å². The van der Waals surface area contributed by atoms with Crippen molar-refractivity contribution in [1.29, 1.82) is 0 Å². The summed E-state index contributed by atoms with van der Waals surface area (Å²) in [4.78, 5) is 12.7. The maximum atomic E-state index is 13.2. The minimum atomic E-state index is -0.363. The molecule has 3 aromatic rings. The molecule has 1 heterocycles. The van der Waals surface area contributed by atoms with Gasteiger partial charge in [-0.25, -0.2) is 4.39 Å². The molecule has 0 bridgehead atoms. The summed E-state index contributed by atoms with van der Waals surface area (Å²) >= 11 is 0. The Bertz CT molecular complexity index is 994. The molecule has 1 saturated carbocycles. The number of nitrogens with one attached hydrogen (secondary N) is 2. The van der Waals surface area contributed by atoms with Gasteiger partial charge in [-0.05, 0) is 48.1 Å². The summed E-state index contributed by atoms with van der Waals surface area (Å²) < 4.78 is 13.2. The maximum absolute atomic E-state index is 13.2. The highest BCUT2D eigenvalue weighted by Gasteiger charge is 2.31. The molecule has 0 spiro atoms. The Morgan fingerprint density at radius 1 is 1.07 bits per heavy atom. The fourth-order valence-corrected chi connectivity index (χ4v) is 3.27. The fraction of sp³-hybridized carbons (Fsp3) is 0.304. The SMILES string of the molecule is CC(C)(C)c1ccc(-c2n[nH]c(C3CC3)c2NC(=O)c2ccc(F)cc2)cc1. The topological polar surface area (TPSA) is 57.8 Å². The van der Waals surface area contributed by atoms with Crippen LogP contribution in [-0.2, 0) is 5.41 Å². The third-order valence-electron chi connectivity index (χ3n) is 5.15. The maximum Gasteiger partial charge on any atom is 0.255 e. The number of nitrogens with zero attached hydrogens (tertiary/aromatic N) is 1. The van der Waals surface area contributed by atoms with Gasteiger partial charge in [0.2, 0.25) is 0 Å². The van der Waals surface area contributed by atoms with Gasteiger partial charge in [0.25, 0.3) is 5.91 Å². The van der Waals surface area contributed by atoms with Gasteiger partial charge in [-0.1, -0.05) is 45.0 Å². The van der Waals surface area contributed by atoms with Gasteiger partial charge in [-0.3, -0.25) is 9.89 Å². The van der Waals surface area contributed by atoms with Gasteiger partial charge >= 0.3 is 0 Å². The molecule has 5 heteroatoms. The number of H-pyrrole nitrogens is 1. The number of hydrogen-bond donors (Lipinski definition) is 2. The van der Waals surface area contributed by atoms with Gasteiger partial charge in [0.1, 0.15) is 11.5 Å². The van der Waals surface area contributed by atoms with Crippen molar-refractivity contribution in [2.45, 2.75) is 44.9 Å². The highest BCUT2D eigenvalue weighted by Crippen LogP contribution is 2.45. The molecule has 1 fully saturated rings. The van der Waals surface area contributed by atoms with Gasteiger partial charge < -0.3 is 5.32 Å². The van der Waals surface area contributed by atoms with Crippen LogP contribution in [0.3, 0.4) is 0 Å². The molecule has 0 saturated heterocycles. The lowest BCUT2D eigenvalue weighted by atomic mass is 9.86. The van der Waals surface area contributed by atoms with E-state index in [0.29, 0.717) is 11.5 Å². The van der Waals surface area contributed by atoms with Crippen LogP contribution in [0, 0.1) is 5.82 Å². The molecule has 0 radical (unpaired) electrons. The van der Waals surface area contributed by atoms with E-state index < -0.39 is 0 Å². The van der Waals surface area contributed by atoms with Crippen molar-refractivity contribution < 1.29 is 9.18 Å². The first-order chi connectivity index (χ1) is 13.3. The third-order valence-corrected chi connectivity index (χ3v) is 5.15. The highest BCUT2D eigenvalue weighted by molar-refractivity contribution is 6.06. The van der Waals surface area contributed by atoms with E-state index in [4.69, 9.17) is 0 Å². The largest absolute Gasteiger partial charge is 0.319 e. The van der Waals surface area contributed by atoms with Gasteiger partial charge in [0.05, 0.1) is 11.4 Å². The van der Waals surface area contributed by atoms with Gasteiger partial charge in [0, 0.05) is 17.0 Å². The summed E-state index contributed by atoms with van der Waals surface area (Å²) in [6, 6.07) is 13.8. The molecule has 0 aliphatic heterocycles. The average Bonchev–Trinajstić information content (AvgIpc) is 3.42. The Labute approximate surface area is 164 Å². The number of hydrogen-bond acceptors (Lipinski definition) is 2. The molecule has 4 nitrogen and oxygen atoms in total. The van der Waals surface area contributed by atoms with E-state index in [2.05, 4.69) is 48.4 Å². The quantitative estimate of drug-likeness (QED) is 0.618. The minimum Gasteiger partial charge on any atom is -0.319 e. The van der Waals surface area contributed by atoms with E-state index in [-0.39, 0.29) is 17.1 Å². The Balaban J connectivity index is 1.67. The lowest BCUT2D eigenvalue weighted by molar-refractivity contribution is 0.102. The second kappa shape index (κ2) is 6.89. The van der Waals surface area contributed by atoms with E-state index in [1.165, 1.54) is 29.8 Å². The number of amides is 1. The molecule has 4 rings (SSSR count). The van der Waals surface area contributed by atoms with E-state index in [1.54, 1.807) is 0 Å². The number of benzene rings is 2. The molecule has 0 atom stereocenters. The summed E-state index contributed by atoms with van der Waals surface area (Å²) in [5, 5.41) is 10.6. The van der Waals surface area contributed by atoms with Crippen LogP contribution < -0.4 is 5.32 Å². The zero-order chi connectivity index (χ0) is 19.9. The molecule has 28 heavy (non-hydrogen) atoms. The van der Waals surface area contributed by atoms with Crippen LogP contribution in [0.5, 0.6) is 0 Å². The number of rotatable bonds is 4. The smallest absolute Gasteiger partial charge is 0.255 e. The van der Waals surface area contributed by atoms with Crippen molar-refractivity contribution in [3.8, 4) is 11.3 Å². The Hall–Kier alpha value is -2.95. The number of carbonyl (C=O) groups excluding carboxylic acids is 1. The second-order valence-electron chi connectivity index (χ2n) is 8.42. The summed E-state index contributed by atoms with van der Waals surface area (Å²) in [5.74, 6) is -0.229. The normalized spacial score (nSPS) is 14.1. The van der Waals surface area contributed by atoms with Crippen molar-refractivity contribution >= 4 is 11.6 Å². The highest BCUT2D eigenvalue weighted by atomic mass is 19.1. The van der Waals surface area contributed by atoms with Gasteiger partial charge in [0.15, 0.2) is 0 Å². The number of carbonyl (C=O) groups is 1. The number of aromatic nitrogens is 2. The first-order valence-electron chi connectivity index (χ1n) is 9.59. The zero-order valence-electron chi connectivity index (χ0n) is 16.3. The first kappa shape index (κ1) is 18.4. The van der Waals surface area contributed by atoms with E-state index in [0.717, 1.165) is 35.5 Å². The lowest BCUT2D eigenvalue weighted by Gasteiger charge is -2.19. The Morgan fingerprint density at radius 3 is 2.29 bits per heavy atom. The number of aromatic amines is 1. The molecular weight excluding hydrogens is 353 g/mol. The van der Waals surface area contributed by atoms with Crippen LogP contribution in [0.4, 0.5) is 10.1 Å².